The normalized spacial score (nSPS) is 19.7. The van der Waals surface area contributed by atoms with Crippen LogP contribution in [0.3, 0.4) is 0 Å². The molecular formula is C20H30N4O3. The Morgan fingerprint density at radius 2 is 1.70 bits per heavy atom. The topological polar surface area (TPSA) is 84.9 Å². The maximum Gasteiger partial charge on any atom is 0.321 e. The first-order valence-electron chi connectivity index (χ1n) is 9.88. The van der Waals surface area contributed by atoms with Crippen LogP contribution in [0.15, 0.2) is 24.3 Å². The molecular weight excluding hydrogens is 344 g/mol. The first-order chi connectivity index (χ1) is 13.0. The van der Waals surface area contributed by atoms with Gasteiger partial charge in [0.2, 0.25) is 0 Å². The summed E-state index contributed by atoms with van der Waals surface area (Å²) in [6, 6.07) is 6.70. The van der Waals surface area contributed by atoms with Crippen LogP contribution in [0, 0.1) is 0 Å². The molecule has 7 nitrogen and oxygen atoms in total. The summed E-state index contributed by atoms with van der Waals surface area (Å²) in [6.45, 7) is 6.40. The van der Waals surface area contributed by atoms with Gasteiger partial charge < -0.3 is 25.5 Å². The van der Waals surface area contributed by atoms with Gasteiger partial charge in [-0.05, 0) is 70.0 Å². The van der Waals surface area contributed by atoms with Crippen LogP contribution in [0.1, 0.15) is 43.0 Å². The number of nitrogens with zero attached hydrogens (tertiary/aromatic N) is 2. The van der Waals surface area contributed by atoms with Crippen molar-refractivity contribution < 1.29 is 14.7 Å². The Balaban J connectivity index is 1.48. The number of likely N-dealkylation sites (tertiary alicyclic amines) is 2. The van der Waals surface area contributed by atoms with Crippen molar-refractivity contribution in [2.75, 3.05) is 44.6 Å². The van der Waals surface area contributed by atoms with Crippen LogP contribution < -0.4 is 10.6 Å². The average Bonchev–Trinajstić information content (AvgIpc) is 3.15. The highest BCUT2D eigenvalue weighted by Crippen LogP contribution is 2.25. The van der Waals surface area contributed by atoms with E-state index in [4.69, 9.17) is 0 Å². The molecule has 0 spiro atoms. The van der Waals surface area contributed by atoms with Gasteiger partial charge in [0.25, 0.3) is 5.91 Å². The number of hydrogen-bond donors (Lipinski definition) is 3. The summed E-state index contributed by atoms with van der Waals surface area (Å²) >= 11 is 0. The van der Waals surface area contributed by atoms with Crippen molar-refractivity contribution in [2.45, 2.75) is 38.2 Å². The van der Waals surface area contributed by atoms with Gasteiger partial charge in [-0.1, -0.05) is 0 Å². The second-order valence-electron chi connectivity index (χ2n) is 7.56. The van der Waals surface area contributed by atoms with Gasteiger partial charge in [0, 0.05) is 37.4 Å². The lowest BCUT2D eigenvalue weighted by Gasteiger charge is -2.40. The van der Waals surface area contributed by atoms with Gasteiger partial charge in [-0.25, -0.2) is 4.79 Å². The van der Waals surface area contributed by atoms with E-state index >= 15 is 0 Å². The van der Waals surface area contributed by atoms with E-state index in [9.17, 15) is 14.7 Å². The van der Waals surface area contributed by atoms with Gasteiger partial charge in [0.05, 0.1) is 5.60 Å². The minimum atomic E-state index is -0.685. The van der Waals surface area contributed by atoms with E-state index in [2.05, 4.69) is 15.5 Å². The fourth-order valence-electron chi connectivity index (χ4n) is 3.81. The van der Waals surface area contributed by atoms with Crippen molar-refractivity contribution in [1.82, 2.24) is 15.1 Å². The minimum Gasteiger partial charge on any atom is -0.388 e. The third kappa shape index (κ3) is 5.20. The summed E-state index contributed by atoms with van der Waals surface area (Å²) in [5.41, 5.74) is 0.542. The number of nitrogens with one attached hydrogen (secondary N) is 2. The van der Waals surface area contributed by atoms with E-state index in [1.165, 1.54) is 12.8 Å². The molecule has 3 N–H and O–H groups in total. The molecule has 0 aromatic heterocycles. The zero-order chi connectivity index (χ0) is 19.3. The van der Waals surface area contributed by atoms with E-state index in [1.54, 1.807) is 29.2 Å². The van der Waals surface area contributed by atoms with Crippen molar-refractivity contribution >= 4 is 17.6 Å². The largest absolute Gasteiger partial charge is 0.388 e. The maximum atomic E-state index is 12.5. The summed E-state index contributed by atoms with van der Waals surface area (Å²) in [5, 5.41) is 16.4. The molecule has 2 aliphatic heterocycles. The minimum absolute atomic E-state index is 0.122. The predicted molar refractivity (Wildman–Crippen MR) is 105 cm³/mol. The molecule has 0 atom stereocenters. The standard InChI is InChI=1S/C20H30N4O3/c1-2-21-18(25)16-5-7-17(8-6-16)22-19(26)24-13-9-20(27,10-14-24)15-23-11-3-4-12-23/h5-8,27H,2-4,9-15H2,1H3,(H,21,25)(H,22,26). The molecule has 3 rings (SSSR count). The van der Waals surface area contributed by atoms with Crippen LogP contribution in [-0.2, 0) is 0 Å². The van der Waals surface area contributed by atoms with Gasteiger partial charge in [0.15, 0.2) is 0 Å². The molecule has 0 radical (unpaired) electrons. The second kappa shape index (κ2) is 8.71. The molecule has 7 heteroatoms. The van der Waals surface area contributed by atoms with E-state index in [1.807, 2.05) is 6.92 Å². The van der Waals surface area contributed by atoms with Crippen LogP contribution in [0.5, 0.6) is 0 Å². The SMILES string of the molecule is CCNC(=O)c1ccc(NC(=O)N2CCC(O)(CN3CCCC3)CC2)cc1. The summed E-state index contributed by atoms with van der Waals surface area (Å²) in [5.74, 6) is -0.122. The number of rotatable bonds is 5. The molecule has 0 unspecified atom stereocenters. The molecule has 2 fully saturated rings. The fourth-order valence-corrected chi connectivity index (χ4v) is 3.81. The lowest BCUT2D eigenvalue weighted by Crippen LogP contribution is -2.52. The van der Waals surface area contributed by atoms with Crippen molar-refractivity contribution in [1.29, 1.82) is 0 Å². The maximum absolute atomic E-state index is 12.5. The van der Waals surface area contributed by atoms with Crippen LogP contribution in [0.2, 0.25) is 0 Å². The Bertz CT molecular complexity index is 648. The van der Waals surface area contributed by atoms with Gasteiger partial charge in [-0.15, -0.1) is 0 Å². The Morgan fingerprint density at radius 1 is 1.07 bits per heavy atom. The lowest BCUT2D eigenvalue weighted by molar-refractivity contribution is -0.0331. The molecule has 27 heavy (non-hydrogen) atoms. The number of carbonyl (C=O) groups excluding carboxylic acids is 2. The summed E-state index contributed by atoms with van der Waals surface area (Å²) in [7, 11) is 0. The molecule has 0 bridgehead atoms. The summed E-state index contributed by atoms with van der Waals surface area (Å²) in [4.78, 5) is 28.3. The number of benzene rings is 1. The van der Waals surface area contributed by atoms with Gasteiger partial charge >= 0.3 is 6.03 Å². The highest BCUT2D eigenvalue weighted by atomic mass is 16.3. The monoisotopic (exact) mass is 374 g/mol. The van der Waals surface area contributed by atoms with Crippen LogP contribution >= 0.6 is 0 Å². The summed E-state index contributed by atoms with van der Waals surface area (Å²) < 4.78 is 0. The van der Waals surface area contributed by atoms with Crippen molar-refractivity contribution in [2.24, 2.45) is 0 Å². The number of amides is 3. The third-order valence-corrected chi connectivity index (χ3v) is 5.43. The Morgan fingerprint density at radius 3 is 2.30 bits per heavy atom. The summed E-state index contributed by atoms with van der Waals surface area (Å²) in [6.07, 6.45) is 3.63. The number of piperidine rings is 1. The molecule has 1 aromatic carbocycles. The van der Waals surface area contributed by atoms with Gasteiger partial charge in [0.1, 0.15) is 0 Å². The molecule has 2 aliphatic rings. The van der Waals surface area contributed by atoms with Crippen LogP contribution in [0.4, 0.5) is 10.5 Å². The van der Waals surface area contributed by atoms with E-state index in [0.717, 1.165) is 13.1 Å². The highest BCUT2D eigenvalue weighted by molar-refractivity contribution is 5.95. The van der Waals surface area contributed by atoms with E-state index < -0.39 is 5.60 Å². The Hall–Kier alpha value is -2.12. The molecule has 0 aliphatic carbocycles. The number of anilines is 1. The van der Waals surface area contributed by atoms with E-state index in [0.29, 0.717) is 50.3 Å². The Labute approximate surface area is 160 Å². The van der Waals surface area contributed by atoms with Crippen LogP contribution in [-0.4, -0.2) is 71.7 Å². The number of β-amino-alcohol motifs (C(OH)–C–C–N with tert-alkyl or cyclic N) is 1. The molecule has 3 amide bonds. The first-order valence-corrected chi connectivity index (χ1v) is 9.88. The first kappa shape index (κ1) is 19.6. The van der Waals surface area contributed by atoms with Crippen molar-refractivity contribution in [3.05, 3.63) is 29.8 Å². The Kier molecular flexibility index (Phi) is 6.34. The number of hydrogen-bond acceptors (Lipinski definition) is 4. The lowest BCUT2D eigenvalue weighted by atomic mass is 9.91. The quantitative estimate of drug-likeness (QED) is 0.735. The number of carbonyl (C=O) groups is 2. The van der Waals surface area contributed by atoms with E-state index in [-0.39, 0.29) is 11.9 Å². The fraction of sp³-hybridized carbons (Fsp3) is 0.600. The highest BCUT2D eigenvalue weighted by Gasteiger charge is 2.36. The van der Waals surface area contributed by atoms with Crippen molar-refractivity contribution in [3.8, 4) is 0 Å². The molecule has 2 heterocycles. The molecule has 1 aromatic rings. The zero-order valence-electron chi connectivity index (χ0n) is 16.0. The van der Waals surface area contributed by atoms with Gasteiger partial charge in [-0.3, -0.25) is 4.79 Å². The van der Waals surface area contributed by atoms with Gasteiger partial charge in [-0.2, -0.15) is 0 Å². The molecule has 2 saturated heterocycles. The average molecular weight is 374 g/mol. The predicted octanol–water partition coefficient (Wildman–Crippen LogP) is 1.89. The second-order valence-corrected chi connectivity index (χ2v) is 7.56. The number of aliphatic hydroxyl groups is 1. The molecule has 0 saturated carbocycles. The smallest absolute Gasteiger partial charge is 0.321 e. The third-order valence-electron chi connectivity index (χ3n) is 5.43. The van der Waals surface area contributed by atoms with Crippen molar-refractivity contribution in [3.63, 3.8) is 0 Å². The molecule has 148 valence electrons. The van der Waals surface area contributed by atoms with Crippen LogP contribution in [0.25, 0.3) is 0 Å². The number of urea groups is 1. The zero-order valence-corrected chi connectivity index (χ0v) is 16.0.